The van der Waals surface area contributed by atoms with E-state index in [4.69, 9.17) is 5.26 Å². The Kier molecular flexibility index (Phi) is 6.96. The van der Waals surface area contributed by atoms with Gasteiger partial charge in [-0.15, -0.1) is 0 Å². The molecule has 4 rings (SSSR count). The lowest BCUT2D eigenvalue weighted by Gasteiger charge is -2.61. The molecular weight excluding hydrogens is 368 g/mol. The smallest absolute Gasteiger partial charge is 0.0848 e. The van der Waals surface area contributed by atoms with Crippen molar-refractivity contribution in [2.75, 3.05) is 6.61 Å². The maximum absolute atomic E-state index is 8.95. The van der Waals surface area contributed by atoms with Crippen molar-refractivity contribution < 1.29 is 10.1 Å². The lowest BCUT2D eigenvalue weighted by Crippen LogP contribution is -2.53. The summed E-state index contributed by atoms with van der Waals surface area (Å²) < 4.78 is 0. The second kappa shape index (κ2) is 9.05. The molecule has 1 N–H and O–H groups in total. The summed E-state index contributed by atoms with van der Waals surface area (Å²) in [5, 5.41) is 8.95. The van der Waals surface area contributed by atoms with E-state index in [0.29, 0.717) is 23.4 Å². The zero-order valence-electron chi connectivity index (χ0n) is 20.7. The molecule has 0 amide bonds. The Bertz CT molecular complexity index is 573. The Labute approximate surface area is 186 Å². The minimum absolute atomic E-state index is 0.553. The van der Waals surface area contributed by atoms with Crippen LogP contribution in [-0.4, -0.2) is 11.9 Å². The molecule has 0 heterocycles. The van der Waals surface area contributed by atoms with Crippen molar-refractivity contribution in [1.29, 1.82) is 0 Å². The van der Waals surface area contributed by atoms with E-state index in [1.54, 1.807) is 0 Å². The van der Waals surface area contributed by atoms with Crippen molar-refractivity contribution in [2.45, 2.75) is 112 Å². The predicted molar refractivity (Wildman–Crippen MR) is 125 cm³/mol. The van der Waals surface area contributed by atoms with Gasteiger partial charge >= 0.3 is 0 Å². The van der Waals surface area contributed by atoms with Crippen LogP contribution in [-0.2, 0) is 4.89 Å². The Balaban J connectivity index is 1.43. The van der Waals surface area contributed by atoms with Gasteiger partial charge in [0.25, 0.3) is 0 Å². The molecule has 0 saturated heterocycles. The fourth-order valence-electron chi connectivity index (χ4n) is 9.63. The molecule has 9 unspecified atom stereocenters. The molecule has 174 valence electrons. The molecule has 2 heteroatoms. The lowest BCUT2D eigenvalue weighted by atomic mass is 9.44. The molecule has 4 saturated carbocycles. The zero-order chi connectivity index (χ0) is 21.5. The first-order valence-electron chi connectivity index (χ1n) is 13.6. The van der Waals surface area contributed by atoms with Gasteiger partial charge in [0, 0.05) is 0 Å². The maximum atomic E-state index is 8.95. The molecule has 0 spiro atoms. The highest BCUT2D eigenvalue weighted by Gasteiger charge is 2.60. The maximum Gasteiger partial charge on any atom is 0.0848 e. The predicted octanol–water partition coefficient (Wildman–Crippen LogP) is 8.21. The average Bonchev–Trinajstić information content (AvgIpc) is 3.05. The third-order valence-corrected chi connectivity index (χ3v) is 11.3. The Morgan fingerprint density at radius 1 is 0.867 bits per heavy atom. The van der Waals surface area contributed by atoms with E-state index in [1.165, 1.54) is 77.0 Å². The minimum Gasteiger partial charge on any atom is -0.252 e. The quantitative estimate of drug-likeness (QED) is 0.333. The summed E-state index contributed by atoms with van der Waals surface area (Å²) in [6.45, 7) is 13.3. The van der Waals surface area contributed by atoms with E-state index >= 15 is 0 Å². The van der Waals surface area contributed by atoms with Gasteiger partial charge in [-0.05, 0) is 116 Å². The van der Waals surface area contributed by atoms with Crippen molar-refractivity contribution >= 4 is 0 Å². The van der Waals surface area contributed by atoms with E-state index in [-0.39, 0.29) is 0 Å². The third kappa shape index (κ3) is 4.02. The minimum atomic E-state index is 0.553. The van der Waals surface area contributed by atoms with E-state index in [2.05, 4.69) is 39.5 Å². The average molecular weight is 419 g/mol. The molecule has 4 fully saturated rings. The largest absolute Gasteiger partial charge is 0.252 e. The van der Waals surface area contributed by atoms with Crippen LogP contribution in [0.15, 0.2) is 0 Å². The zero-order valence-corrected chi connectivity index (χ0v) is 20.7. The summed E-state index contributed by atoms with van der Waals surface area (Å²) in [5.74, 6) is 7.13. The van der Waals surface area contributed by atoms with E-state index in [0.717, 1.165) is 41.4 Å². The van der Waals surface area contributed by atoms with E-state index < -0.39 is 0 Å². The third-order valence-electron chi connectivity index (χ3n) is 11.3. The first-order valence-corrected chi connectivity index (χ1v) is 13.6. The molecule has 30 heavy (non-hydrogen) atoms. The van der Waals surface area contributed by atoms with Crippen LogP contribution in [0.3, 0.4) is 0 Å². The van der Waals surface area contributed by atoms with Crippen molar-refractivity contribution in [1.82, 2.24) is 0 Å². The number of hydrogen-bond acceptors (Lipinski definition) is 2. The Morgan fingerprint density at radius 2 is 1.60 bits per heavy atom. The fraction of sp³-hybridized carbons (Fsp3) is 1.00. The van der Waals surface area contributed by atoms with Gasteiger partial charge in [-0.1, -0.05) is 53.9 Å². The standard InChI is InChI=1S/C28H50O2/c1-19(2)7-6-8-20(3)24-11-12-25-23-10-9-22-17-21(18-30-29)13-15-27(22,4)26(23)14-16-28(24,25)5/h19-26,29H,6-18H2,1-5H3. The molecule has 0 radical (unpaired) electrons. The van der Waals surface area contributed by atoms with Gasteiger partial charge in [-0.2, -0.15) is 0 Å². The van der Waals surface area contributed by atoms with Crippen molar-refractivity contribution in [3.05, 3.63) is 0 Å². The number of fused-ring (bicyclic) bond motifs is 5. The Hall–Kier alpha value is -0.0800. The van der Waals surface area contributed by atoms with Crippen LogP contribution in [0.4, 0.5) is 0 Å². The van der Waals surface area contributed by atoms with Crippen LogP contribution in [0, 0.1) is 58.2 Å². The van der Waals surface area contributed by atoms with Crippen molar-refractivity contribution in [2.24, 2.45) is 58.2 Å². The monoisotopic (exact) mass is 418 g/mol. The summed E-state index contributed by atoms with van der Waals surface area (Å²) in [7, 11) is 0. The van der Waals surface area contributed by atoms with Gasteiger partial charge in [0.15, 0.2) is 0 Å². The van der Waals surface area contributed by atoms with Crippen LogP contribution in [0.25, 0.3) is 0 Å². The molecule has 9 atom stereocenters. The molecule has 0 aromatic heterocycles. The molecule has 0 bridgehead atoms. The SMILES string of the molecule is CC(C)CCCC(C)C1CCC2C3CCC4CC(COO)CCC4(C)C3CCC12C. The molecule has 0 aromatic rings. The second-order valence-corrected chi connectivity index (χ2v) is 13.1. The highest BCUT2D eigenvalue weighted by atomic mass is 17.1. The van der Waals surface area contributed by atoms with Crippen LogP contribution < -0.4 is 0 Å². The molecule has 0 aliphatic heterocycles. The molecule has 2 nitrogen and oxygen atoms in total. The summed E-state index contributed by atoms with van der Waals surface area (Å²) in [4.78, 5) is 4.55. The highest BCUT2D eigenvalue weighted by molar-refractivity contribution is 5.09. The van der Waals surface area contributed by atoms with Crippen molar-refractivity contribution in [3.63, 3.8) is 0 Å². The van der Waals surface area contributed by atoms with Gasteiger partial charge in [0.1, 0.15) is 0 Å². The normalized spacial score (nSPS) is 46.9. The van der Waals surface area contributed by atoms with Gasteiger partial charge in [-0.3, -0.25) is 5.26 Å². The van der Waals surface area contributed by atoms with Gasteiger partial charge in [-0.25, -0.2) is 4.89 Å². The summed E-state index contributed by atoms with van der Waals surface area (Å²) in [6.07, 6.45) is 17.1. The summed E-state index contributed by atoms with van der Waals surface area (Å²) in [6, 6.07) is 0. The summed E-state index contributed by atoms with van der Waals surface area (Å²) in [5.41, 5.74) is 1.17. The first kappa shape index (κ1) is 23.1. The topological polar surface area (TPSA) is 29.5 Å². The molecule has 0 aromatic carbocycles. The van der Waals surface area contributed by atoms with Crippen LogP contribution in [0.5, 0.6) is 0 Å². The number of hydrogen-bond donors (Lipinski definition) is 1. The van der Waals surface area contributed by atoms with Crippen LogP contribution in [0.2, 0.25) is 0 Å². The molecule has 4 aliphatic rings. The van der Waals surface area contributed by atoms with Crippen LogP contribution >= 0.6 is 0 Å². The van der Waals surface area contributed by atoms with Crippen LogP contribution in [0.1, 0.15) is 112 Å². The Morgan fingerprint density at radius 3 is 2.33 bits per heavy atom. The molecular formula is C28H50O2. The van der Waals surface area contributed by atoms with E-state index in [9.17, 15) is 0 Å². The lowest BCUT2D eigenvalue weighted by molar-refractivity contribution is -0.256. The van der Waals surface area contributed by atoms with E-state index in [1.807, 2.05) is 0 Å². The van der Waals surface area contributed by atoms with Gasteiger partial charge in [0.05, 0.1) is 6.61 Å². The van der Waals surface area contributed by atoms with Gasteiger partial charge < -0.3 is 0 Å². The number of rotatable bonds is 7. The fourth-order valence-corrected chi connectivity index (χ4v) is 9.63. The summed E-state index contributed by atoms with van der Waals surface area (Å²) >= 11 is 0. The first-order chi connectivity index (χ1) is 14.3. The van der Waals surface area contributed by atoms with Crippen molar-refractivity contribution in [3.8, 4) is 0 Å². The molecule has 4 aliphatic carbocycles. The highest BCUT2D eigenvalue weighted by Crippen LogP contribution is 2.68. The second-order valence-electron chi connectivity index (χ2n) is 13.1. The van der Waals surface area contributed by atoms with Gasteiger partial charge in [0.2, 0.25) is 0 Å².